The smallest absolute Gasteiger partial charge is 0.228 e. The van der Waals surface area contributed by atoms with Crippen LogP contribution in [0, 0.1) is 11.3 Å². The molecule has 1 saturated heterocycles. The Morgan fingerprint density at radius 1 is 0.967 bits per heavy atom. The fraction of sp³-hybridized carbons (Fsp3) is 0.462. The minimum absolute atomic E-state index is 0.184. The molecule has 2 aromatic rings. The highest BCUT2D eigenvalue weighted by Gasteiger charge is 2.44. The molecule has 2 amide bonds. The van der Waals surface area contributed by atoms with E-state index in [1.165, 1.54) is 23.1 Å². The standard InChI is InChI=1S/C26H32N2O2/c1-27(2)25(30)26(14-16-28(17-15-26)24(29)22-11-7-12-22)19-20-8-6-13-23(18-20)21-9-4-3-5-10-21/h3-6,8-10,13,18,22H,7,11-12,14-17,19H2,1-2H3. The van der Waals surface area contributed by atoms with Gasteiger partial charge in [-0.15, -0.1) is 0 Å². The first-order valence-corrected chi connectivity index (χ1v) is 11.1. The second kappa shape index (κ2) is 8.63. The van der Waals surface area contributed by atoms with Crippen LogP contribution in [-0.4, -0.2) is 48.8 Å². The highest BCUT2D eigenvalue weighted by molar-refractivity contribution is 5.84. The minimum atomic E-state index is -0.435. The minimum Gasteiger partial charge on any atom is -0.348 e. The largest absolute Gasteiger partial charge is 0.348 e. The molecule has 1 aliphatic carbocycles. The molecule has 4 rings (SSSR count). The van der Waals surface area contributed by atoms with Gasteiger partial charge in [0.25, 0.3) is 0 Å². The normalized spacial score (nSPS) is 18.5. The molecule has 0 atom stereocenters. The third kappa shape index (κ3) is 4.14. The van der Waals surface area contributed by atoms with Crippen LogP contribution in [0.3, 0.4) is 0 Å². The summed E-state index contributed by atoms with van der Waals surface area (Å²) in [4.78, 5) is 29.7. The summed E-state index contributed by atoms with van der Waals surface area (Å²) in [7, 11) is 3.69. The van der Waals surface area contributed by atoms with E-state index in [1.807, 2.05) is 37.2 Å². The number of nitrogens with zero attached hydrogens (tertiary/aromatic N) is 2. The van der Waals surface area contributed by atoms with Gasteiger partial charge in [-0.25, -0.2) is 0 Å². The van der Waals surface area contributed by atoms with Crippen molar-refractivity contribution in [1.29, 1.82) is 0 Å². The van der Waals surface area contributed by atoms with Crippen LogP contribution in [0.5, 0.6) is 0 Å². The van der Waals surface area contributed by atoms with Crippen LogP contribution >= 0.6 is 0 Å². The number of carbonyl (C=O) groups is 2. The summed E-state index contributed by atoms with van der Waals surface area (Å²) in [6, 6.07) is 18.9. The van der Waals surface area contributed by atoms with Crippen LogP contribution in [0.15, 0.2) is 54.6 Å². The Morgan fingerprint density at radius 3 is 2.23 bits per heavy atom. The molecule has 0 N–H and O–H groups in total. The first kappa shape index (κ1) is 20.6. The molecular formula is C26H32N2O2. The Balaban J connectivity index is 1.54. The SMILES string of the molecule is CN(C)C(=O)C1(Cc2cccc(-c3ccccc3)c2)CCN(C(=O)C2CCC2)CC1. The maximum Gasteiger partial charge on any atom is 0.228 e. The van der Waals surface area contributed by atoms with Crippen LogP contribution in [-0.2, 0) is 16.0 Å². The first-order valence-electron chi connectivity index (χ1n) is 11.1. The van der Waals surface area contributed by atoms with Crippen molar-refractivity contribution in [2.75, 3.05) is 27.2 Å². The summed E-state index contributed by atoms with van der Waals surface area (Å²) in [6.45, 7) is 1.38. The molecular weight excluding hydrogens is 372 g/mol. The van der Waals surface area contributed by atoms with Crippen molar-refractivity contribution in [2.45, 2.75) is 38.5 Å². The number of piperidine rings is 1. The Morgan fingerprint density at radius 2 is 1.63 bits per heavy atom. The van der Waals surface area contributed by atoms with Gasteiger partial charge in [0, 0.05) is 33.1 Å². The zero-order valence-electron chi connectivity index (χ0n) is 18.1. The average Bonchev–Trinajstić information content (AvgIpc) is 2.73. The number of hydrogen-bond donors (Lipinski definition) is 0. The van der Waals surface area contributed by atoms with Gasteiger partial charge in [-0.1, -0.05) is 61.0 Å². The van der Waals surface area contributed by atoms with Crippen molar-refractivity contribution in [3.63, 3.8) is 0 Å². The highest BCUT2D eigenvalue weighted by Crippen LogP contribution is 2.39. The second-order valence-corrected chi connectivity index (χ2v) is 9.18. The van der Waals surface area contributed by atoms with Crippen LogP contribution in [0.25, 0.3) is 11.1 Å². The highest BCUT2D eigenvalue weighted by atomic mass is 16.2. The number of benzene rings is 2. The van der Waals surface area contributed by atoms with Crippen molar-refractivity contribution < 1.29 is 9.59 Å². The van der Waals surface area contributed by atoms with Crippen molar-refractivity contribution in [3.05, 3.63) is 60.2 Å². The third-order valence-corrected chi connectivity index (χ3v) is 6.92. The van der Waals surface area contributed by atoms with Gasteiger partial charge in [0.2, 0.25) is 11.8 Å². The number of hydrogen-bond acceptors (Lipinski definition) is 2. The molecule has 4 nitrogen and oxygen atoms in total. The molecule has 2 aliphatic rings. The maximum absolute atomic E-state index is 13.3. The molecule has 1 heterocycles. The fourth-order valence-corrected chi connectivity index (χ4v) is 4.89. The van der Waals surface area contributed by atoms with Crippen molar-refractivity contribution in [1.82, 2.24) is 9.80 Å². The first-order chi connectivity index (χ1) is 14.5. The van der Waals surface area contributed by atoms with Gasteiger partial charge >= 0.3 is 0 Å². The number of carbonyl (C=O) groups excluding carboxylic acids is 2. The maximum atomic E-state index is 13.3. The van der Waals surface area contributed by atoms with Crippen LogP contribution in [0.1, 0.15) is 37.7 Å². The van der Waals surface area contributed by atoms with Crippen molar-refractivity contribution in [3.8, 4) is 11.1 Å². The Bertz CT molecular complexity index is 894. The van der Waals surface area contributed by atoms with Gasteiger partial charge in [0.15, 0.2) is 0 Å². The van der Waals surface area contributed by atoms with E-state index < -0.39 is 5.41 Å². The average molecular weight is 405 g/mol. The van der Waals surface area contributed by atoms with Gasteiger partial charge < -0.3 is 9.80 Å². The topological polar surface area (TPSA) is 40.6 Å². The van der Waals surface area contributed by atoms with E-state index in [4.69, 9.17) is 0 Å². The molecule has 4 heteroatoms. The molecule has 0 aromatic heterocycles. The molecule has 1 aliphatic heterocycles. The van der Waals surface area contributed by atoms with Crippen molar-refractivity contribution in [2.24, 2.45) is 11.3 Å². The van der Waals surface area contributed by atoms with E-state index in [0.717, 1.165) is 32.1 Å². The predicted molar refractivity (Wildman–Crippen MR) is 120 cm³/mol. The Labute approximate surface area is 179 Å². The van der Waals surface area contributed by atoms with Crippen molar-refractivity contribution >= 4 is 11.8 Å². The molecule has 30 heavy (non-hydrogen) atoms. The van der Waals surface area contributed by atoms with Gasteiger partial charge in [0.1, 0.15) is 0 Å². The van der Waals surface area contributed by atoms with E-state index >= 15 is 0 Å². The van der Waals surface area contributed by atoms with E-state index in [2.05, 4.69) is 36.4 Å². The number of likely N-dealkylation sites (tertiary alicyclic amines) is 1. The summed E-state index contributed by atoms with van der Waals surface area (Å²) < 4.78 is 0. The molecule has 158 valence electrons. The molecule has 0 radical (unpaired) electrons. The third-order valence-electron chi connectivity index (χ3n) is 6.92. The van der Waals surface area contributed by atoms with Crippen LogP contribution < -0.4 is 0 Å². The zero-order chi connectivity index (χ0) is 21.1. The lowest BCUT2D eigenvalue weighted by molar-refractivity contribution is -0.148. The summed E-state index contributed by atoms with van der Waals surface area (Å²) in [6.07, 6.45) is 5.42. The number of rotatable bonds is 5. The van der Waals surface area contributed by atoms with E-state index in [1.54, 1.807) is 4.90 Å². The lowest BCUT2D eigenvalue weighted by Crippen LogP contribution is -2.52. The van der Waals surface area contributed by atoms with Gasteiger partial charge in [-0.05, 0) is 48.8 Å². The molecule has 1 saturated carbocycles. The Kier molecular flexibility index (Phi) is 5.94. The summed E-state index contributed by atoms with van der Waals surface area (Å²) >= 11 is 0. The van der Waals surface area contributed by atoms with E-state index in [-0.39, 0.29) is 11.8 Å². The summed E-state index contributed by atoms with van der Waals surface area (Å²) in [5, 5.41) is 0. The van der Waals surface area contributed by atoms with Gasteiger partial charge in [-0.3, -0.25) is 9.59 Å². The fourth-order valence-electron chi connectivity index (χ4n) is 4.89. The monoisotopic (exact) mass is 404 g/mol. The van der Waals surface area contributed by atoms with Gasteiger partial charge in [-0.2, -0.15) is 0 Å². The van der Waals surface area contributed by atoms with Gasteiger partial charge in [0.05, 0.1) is 5.41 Å². The van der Waals surface area contributed by atoms with E-state index in [9.17, 15) is 9.59 Å². The zero-order valence-corrected chi connectivity index (χ0v) is 18.1. The predicted octanol–water partition coefficient (Wildman–Crippen LogP) is 4.39. The molecule has 0 unspecified atom stereocenters. The second-order valence-electron chi connectivity index (χ2n) is 9.18. The molecule has 2 fully saturated rings. The number of amides is 2. The quantitative estimate of drug-likeness (QED) is 0.741. The lowest BCUT2D eigenvalue weighted by Gasteiger charge is -2.43. The lowest BCUT2D eigenvalue weighted by atomic mass is 9.72. The Hall–Kier alpha value is -2.62. The summed E-state index contributed by atoms with van der Waals surface area (Å²) in [5.41, 5.74) is 3.12. The van der Waals surface area contributed by atoms with Crippen LogP contribution in [0.2, 0.25) is 0 Å². The summed E-state index contributed by atoms with van der Waals surface area (Å²) in [5.74, 6) is 0.714. The van der Waals surface area contributed by atoms with E-state index in [0.29, 0.717) is 19.0 Å². The molecule has 0 spiro atoms. The molecule has 2 aromatic carbocycles. The molecule has 0 bridgehead atoms. The van der Waals surface area contributed by atoms with Crippen LogP contribution in [0.4, 0.5) is 0 Å².